The Kier molecular flexibility index (Phi) is 1.72. The van der Waals surface area contributed by atoms with Crippen LogP contribution >= 0.6 is 22.9 Å². The van der Waals surface area contributed by atoms with Crippen LogP contribution in [0.1, 0.15) is 5.56 Å². The maximum Gasteiger partial charge on any atom is 0.130 e. The Labute approximate surface area is 78.0 Å². The average molecular weight is 195 g/mol. The van der Waals surface area contributed by atoms with E-state index in [1.54, 1.807) is 11.4 Å². The minimum atomic E-state index is 0.467. The van der Waals surface area contributed by atoms with Gasteiger partial charge in [-0.15, -0.1) is 11.3 Å². The molecular formula is C8H3ClN2S. The van der Waals surface area contributed by atoms with Crippen LogP contribution in [-0.4, -0.2) is 4.98 Å². The molecule has 0 aliphatic carbocycles. The molecule has 2 heterocycles. The summed E-state index contributed by atoms with van der Waals surface area (Å²) in [4.78, 5) is 4.90. The van der Waals surface area contributed by atoms with Gasteiger partial charge in [-0.25, -0.2) is 4.98 Å². The maximum atomic E-state index is 8.69. The second-order valence-corrected chi connectivity index (χ2v) is 3.49. The SMILES string of the molecule is N#Cc1csc2nc(Cl)ccc12. The summed E-state index contributed by atoms with van der Waals surface area (Å²) >= 11 is 7.12. The Morgan fingerprint density at radius 2 is 2.33 bits per heavy atom. The van der Waals surface area contributed by atoms with E-state index in [-0.39, 0.29) is 0 Å². The first kappa shape index (κ1) is 7.53. The number of pyridine rings is 1. The first-order chi connectivity index (χ1) is 5.81. The number of rotatable bonds is 0. The number of hydrogen-bond acceptors (Lipinski definition) is 3. The molecule has 0 aliphatic heterocycles. The predicted octanol–water partition coefficient (Wildman–Crippen LogP) is 2.82. The highest BCUT2D eigenvalue weighted by atomic mass is 35.5. The predicted molar refractivity (Wildman–Crippen MR) is 49.3 cm³/mol. The molecule has 0 N–H and O–H groups in total. The molecule has 4 heteroatoms. The largest absolute Gasteiger partial charge is 0.225 e. The van der Waals surface area contributed by atoms with Gasteiger partial charge in [0.05, 0.1) is 5.56 Å². The van der Waals surface area contributed by atoms with Crippen molar-refractivity contribution in [3.05, 3.63) is 28.2 Å². The lowest BCUT2D eigenvalue weighted by molar-refractivity contribution is 1.44. The molecule has 0 saturated heterocycles. The summed E-state index contributed by atoms with van der Waals surface area (Å²) in [6.07, 6.45) is 0. The van der Waals surface area contributed by atoms with Gasteiger partial charge < -0.3 is 0 Å². The lowest BCUT2D eigenvalue weighted by Crippen LogP contribution is -1.74. The first-order valence-electron chi connectivity index (χ1n) is 3.25. The zero-order valence-corrected chi connectivity index (χ0v) is 7.49. The van der Waals surface area contributed by atoms with Crippen LogP contribution in [0.4, 0.5) is 0 Å². The van der Waals surface area contributed by atoms with Crippen LogP contribution in [0.15, 0.2) is 17.5 Å². The molecule has 0 atom stereocenters. The fraction of sp³-hybridized carbons (Fsp3) is 0. The summed E-state index contributed by atoms with van der Waals surface area (Å²) in [7, 11) is 0. The molecule has 0 radical (unpaired) electrons. The van der Waals surface area contributed by atoms with E-state index in [1.165, 1.54) is 11.3 Å². The van der Waals surface area contributed by atoms with Crippen LogP contribution in [0.3, 0.4) is 0 Å². The van der Waals surface area contributed by atoms with Gasteiger partial charge in [0.25, 0.3) is 0 Å². The normalized spacial score (nSPS) is 10.0. The molecule has 2 aromatic heterocycles. The van der Waals surface area contributed by atoms with Crippen molar-refractivity contribution in [1.82, 2.24) is 4.98 Å². The van der Waals surface area contributed by atoms with Gasteiger partial charge in [0, 0.05) is 10.8 Å². The van der Waals surface area contributed by atoms with E-state index in [0.717, 1.165) is 10.2 Å². The number of thiophene rings is 1. The summed E-state index contributed by atoms with van der Waals surface area (Å²) in [6, 6.07) is 5.61. The zero-order chi connectivity index (χ0) is 8.55. The van der Waals surface area contributed by atoms with E-state index in [4.69, 9.17) is 16.9 Å². The van der Waals surface area contributed by atoms with Crippen molar-refractivity contribution in [2.45, 2.75) is 0 Å². The second-order valence-electron chi connectivity index (χ2n) is 2.25. The Morgan fingerprint density at radius 1 is 1.50 bits per heavy atom. The summed E-state index contributed by atoms with van der Waals surface area (Å²) in [5, 5.41) is 11.8. The summed E-state index contributed by atoms with van der Waals surface area (Å²) < 4.78 is 0. The minimum Gasteiger partial charge on any atom is -0.225 e. The first-order valence-corrected chi connectivity index (χ1v) is 4.51. The molecule has 2 aromatic rings. The highest BCUT2D eigenvalue weighted by Crippen LogP contribution is 2.24. The molecule has 0 aliphatic rings. The third-order valence-corrected chi connectivity index (χ3v) is 2.62. The van der Waals surface area contributed by atoms with Crippen molar-refractivity contribution in [2.75, 3.05) is 0 Å². The molecule has 0 spiro atoms. The van der Waals surface area contributed by atoms with E-state index >= 15 is 0 Å². The quantitative estimate of drug-likeness (QED) is 0.605. The monoisotopic (exact) mass is 194 g/mol. The fourth-order valence-electron chi connectivity index (χ4n) is 0.978. The molecule has 58 valence electrons. The average Bonchev–Trinajstić information content (AvgIpc) is 2.46. The lowest BCUT2D eigenvalue weighted by atomic mass is 10.2. The van der Waals surface area contributed by atoms with Gasteiger partial charge >= 0.3 is 0 Å². The molecule has 0 saturated carbocycles. The van der Waals surface area contributed by atoms with Gasteiger partial charge in [-0.2, -0.15) is 5.26 Å². The molecule has 12 heavy (non-hydrogen) atoms. The molecule has 2 rings (SSSR count). The van der Waals surface area contributed by atoms with E-state index < -0.39 is 0 Å². The number of nitrogens with zero attached hydrogens (tertiary/aromatic N) is 2. The molecule has 0 aromatic carbocycles. The molecule has 0 fully saturated rings. The summed E-state index contributed by atoms with van der Waals surface area (Å²) in [5.41, 5.74) is 0.666. The van der Waals surface area contributed by atoms with Gasteiger partial charge in [0.1, 0.15) is 16.1 Å². The van der Waals surface area contributed by atoms with Gasteiger partial charge in [0.2, 0.25) is 0 Å². The van der Waals surface area contributed by atoms with Crippen LogP contribution in [0, 0.1) is 11.3 Å². The molecule has 0 bridgehead atoms. The van der Waals surface area contributed by atoms with Crippen LogP contribution in [0.25, 0.3) is 10.2 Å². The third-order valence-electron chi connectivity index (χ3n) is 1.53. The smallest absolute Gasteiger partial charge is 0.130 e. The van der Waals surface area contributed by atoms with Crippen molar-refractivity contribution in [3.8, 4) is 6.07 Å². The highest BCUT2D eigenvalue weighted by Gasteiger charge is 2.03. The van der Waals surface area contributed by atoms with Gasteiger partial charge in [-0.05, 0) is 12.1 Å². The molecule has 2 nitrogen and oxygen atoms in total. The zero-order valence-electron chi connectivity index (χ0n) is 5.91. The number of hydrogen-bond donors (Lipinski definition) is 0. The van der Waals surface area contributed by atoms with E-state index in [2.05, 4.69) is 11.1 Å². The summed E-state index contributed by atoms with van der Waals surface area (Å²) in [6.45, 7) is 0. The maximum absolute atomic E-state index is 8.69. The van der Waals surface area contributed by atoms with Crippen molar-refractivity contribution >= 4 is 33.2 Å². The number of fused-ring (bicyclic) bond motifs is 1. The number of nitriles is 1. The van der Waals surface area contributed by atoms with Gasteiger partial charge in [0.15, 0.2) is 0 Å². The van der Waals surface area contributed by atoms with Crippen molar-refractivity contribution in [2.24, 2.45) is 0 Å². The molecule has 0 unspecified atom stereocenters. The van der Waals surface area contributed by atoms with Crippen LogP contribution < -0.4 is 0 Å². The number of halogens is 1. The van der Waals surface area contributed by atoms with Gasteiger partial charge in [-0.1, -0.05) is 11.6 Å². The third kappa shape index (κ3) is 1.06. The van der Waals surface area contributed by atoms with Crippen molar-refractivity contribution in [3.63, 3.8) is 0 Å². The van der Waals surface area contributed by atoms with E-state index in [0.29, 0.717) is 10.7 Å². The van der Waals surface area contributed by atoms with Crippen LogP contribution in [0.5, 0.6) is 0 Å². The Morgan fingerprint density at radius 3 is 3.08 bits per heavy atom. The second kappa shape index (κ2) is 2.74. The Hall–Kier alpha value is -1.11. The fourth-order valence-corrected chi connectivity index (χ4v) is 2.04. The minimum absolute atomic E-state index is 0.467. The van der Waals surface area contributed by atoms with Crippen molar-refractivity contribution < 1.29 is 0 Å². The molecule has 0 amide bonds. The van der Waals surface area contributed by atoms with Crippen molar-refractivity contribution in [1.29, 1.82) is 5.26 Å². The van der Waals surface area contributed by atoms with E-state index in [9.17, 15) is 0 Å². The van der Waals surface area contributed by atoms with E-state index in [1.807, 2.05) is 6.07 Å². The number of aromatic nitrogens is 1. The van der Waals surface area contributed by atoms with Crippen LogP contribution in [0.2, 0.25) is 5.15 Å². The standard InChI is InChI=1S/C8H3ClN2S/c9-7-2-1-6-5(3-10)4-12-8(6)11-7/h1-2,4H. The molecular weight excluding hydrogens is 192 g/mol. The Balaban J connectivity index is 2.84. The highest BCUT2D eigenvalue weighted by molar-refractivity contribution is 7.17. The topological polar surface area (TPSA) is 36.7 Å². The van der Waals surface area contributed by atoms with Gasteiger partial charge in [-0.3, -0.25) is 0 Å². The van der Waals surface area contributed by atoms with Crippen LogP contribution in [-0.2, 0) is 0 Å². The Bertz CT molecular complexity index is 469. The summed E-state index contributed by atoms with van der Waals surface area (Å²) in [5.74, 6) is 0. The lowest BCUT2D eigenvalue weighted by Gasteiger charge is -1.89.